The number of ether oxygens (including phenoxy) is 1. The third-order valence-electron chi connectivity index (χ3n) is 7.70. The molecule has 1 aliphatic carbocycles. The van der Waals surface area contributed by atoms with Gasteiger partial charge in [0.1, 0.15) is 6.61 Å². The van der Waals surface area contributed by atoms with E-state index in [1.165, 1.54) is 34.4 Å². The first-order valence-corrected chi connectivity index (χ1v) is 12.4. The highest BCUT2D eigenvalue weighted by Crippen LogP contribution is 2.45. The van der Waals surface area contributed by atoms with Gasteiger partial charge in [0.25, 0.3) is 0 Å². The number of hydrogen-bond donors (Lipinski definition) is 0. The number of fused-ring (bicyclic) bond motifs is 5. The van der Waals surface area contributed by atoms with E-state index in [-0.39, 0.29) is 30.7 Å². The normalized spacial score (nSPS) is 20.6. The maximum atomic E-state index is 13.2. The monoisotopic (exact) mass is 489 g/mol. The van der Waals surface area contributed by atoms with Crippen LogP contribution in [-0.2, 0) is 17.3 Å². The summed E-state index contributed by atoms with van der Waals surface area (Å²) in [5.74, 6) is 0.0100. The van der Waals surface area contributed by atoms with Crippen LogP contribution in [0.2, 0.25) is 0 Å². The summed E-state index contributed by atoms with van der Waals surface area (Å²) in [6.07, 6.45) is 0.256. The molecule has 3 nitrogen and oxygen atoms in total. The lowest BCUT2D eigenvalue weighted by Crippen LogP contribution is -2.44. The van der Waals surface area contributed by atoms with E-state index in [0.29, 0.717) is 18.4 Å². The summed E-state index contributed by atoms with van der Waals surface area (Å²) in [5, 5.41) is 0. The fraction of sp³-hybridized carbons (Fsp3) is 0.300. The van der Waals surface area contributed by atoms with E-state index in [2.05, 4.69) is 30.3 Å². The van der Waals surface area contributed by atoms with Crippen molar-refractivity contribution >= 4 is 6.09 Å². The van der Waals surface area contributed by atoms with Crippen LogP contribution >= 0.6 is 0 Å². The number of carbonyl (C=O) groups excluding carboxylic acids is 1. The molecule has 184 valence electrons. The Hall–Kier alpha value is -3.54. The topological polar surface area (TPSA) is 29.5 Å². The van der Waals surface area contributed by atoms with Crippen molar-refractivity contribution in [3.8, 4) is 11.1 Å². The lowest BCUT2D eigenvalue weighted by molar-refractivity contribution is -0.137. The van der Waals surface area contributed by atoms with Crippen LogP contribution in [0, 0.1) is 0 Å². The number of nitrogens with zero attached hydrogens (tertiary/aromatic N) is 1. The molecule has 36 heavy (non-hydrogen) atoms. The fourth-order valence-corrected chi connectivity index (χ4v) is 6.12. The van der Waals surface area contributed by atoms with Crippen LogP contribution in [0.15, 0.2) is 84.4 Å². The first-order chi connectivity index (χ1) is 17.4. The standard InChI is InChI=1S/C30H26F3NO2/c31-30(32,33)21-7-5-6-19(15-21)14-20-16-22-12-13-23(17-20)34(22)29(35)36-18-28-26-10-3-1-8-24(26)25-9-2-4-11-27(25)28/h1-11,15-16,22-23,28H,12-14,17-18H2. The van der Waals surface area contributed by atoms with Gasteiger partial charge in [0.15, 0.2) is 0 Å². The molecule has 1 fully saturated rings. The Morgan fingerprint density at radius 2 is 1.61 bits per heavy atom. The van der Waals surface area contributed by atoms with Crippen molar-refractivity contribution in [2.75, 3.05) is 6.61 Å². The summed E-state index contributed by atoms with van der Waals surface area (Å²) in [4.78, 5) is 15.0. The van der Waals surface area contributed by atoms with Crippen LogP contribution in [-0.4, -0.2) is 29.7 Å². The zero-order valence-electron chi connectivity index (χ0n) is 19.7. The fourth-order valence-electron chi connectivity index (χ4n) is 6.12. The largest absolute Gasteiger partial charge is 0.448 e. The van der Waals surface area contributed by atoms with Gasteiger partial charge < -0.3 is 4.74 Å². The summed E-state index contributed by atoms with van der Waals surface area (Å²) in [6, 6.07) is 22.0. The van der Waals surface area contributed by atoms with Gasteiger partial charge in [0.05, 0.1) is 11.6 Å². The number of carbonyl (C=O) groups is 1. The minimum atomic E-state index is -4.35. The summed E-state index contributed by atoms with van der Waals surface area (Å²) in [5.41, 5.74) is 5.84. The molecule has 0 saturated carbocycles. The van der Waals surface area contributed by atoms with Crippen molar-refractivity contribution in [1.29, 1.82) is 0 Å². The van der Waals surface area contributed by atoms with Crippen LogP contribution in [0.3, 0.4) is 0 Å². The quantitative estimate of drug-likeness (QED) is 0.358. The van der Waals surface area contributed by atoms with Gasteiger partial charge in [0, 0.05) is 12.0 Å². The molecule has 1 saturated heterocycles. The minimum Gasteiger partial charge on any atom is -0.448 e. The van der Waals surface area contributed by atoms with Gasteiger partial charge in [0.2, 0.25) is 0 Å². The molecule has 1 amide bonds. The van der Waals surface area contributed by atoms with Crippen molar-refractivity contribution in [2.24, 2.45) is 0 Å². The van der Waals surface area contributed by atoms with Gasteiger partial charge >= 0.3 is 12.3 Å². The molecule has 2 bridgehead atoms. The van der Waals surface area contributed by atoms with Crippen molar-refractivity contribution in [2.45, 2.75) is 49.9 Å². The number of rotatable bonds is 4. The molecular formula is C30H26F3NO2. The third-order valence-corrected chi connectivity index (χ3v) is 7.70. The van der Waals surface area contributed by atoms with Gasteiger partial charge in [-0.3, -0.25) is 4.90 Å². The van der Waals surface area contributed by atoms with Crippen LogP contribution in [0.5, 0.6) is 0 Å². The van der Waals surface area contributed by atoms with Crippen molar-refractivity contribution < 1.29 is 22.7 Å². The van der Waals surface area contributed by atoms with Crippen molar-refractivity contribution in [1.82, 2.24) is 4.90 Å². The second-order valence-electron chi connectivity index (χ2n) is 9.91. The van der Waals surface area contributed by atoms with Gasteiger partial charge in [-0.05, 0) is 59.6 Å². The first kappa shape index (κ1) is 22.9. The second kappa shape index (κ2) is 8.84. The van der Waals surface area contributed by atoms with E-state index >= 15 is 0 Å². The Labute approximate surface area is 208 Å². The van der Waals surface area contributed by atoms with Gasteiger partial charge in [-0.2, -0.15) is 13.2 Å². The maximum Gasteiger partial charge on any atom is 0.416 e. The summed E-state index contributed by atoms with van der Waals surface area (Å²) in [7, 11) is 0. The van der Waals surface area contributed by atoms with Crippen molar-refractivity contribution in [3.63, 3.8) is 0 Å². The maximum absolute atomic E-state index is 13.2. The van der Waals surface area contributed by atoms with E-state index in [0.717, 1.165) is 24.5 Å². The molecular weight excluding hydrogens is 463 g/mol. The molecule has 6 rings (SSSR count). The molecule has 0 radical (unpaired) electrons. The van der Waals surface area contributed by atoms with Crippen LogP contribution in [0.25, 0.3) is 11.1 Å². The predicted molar refractivity (Wildman–Crippen MR) is 132 cm³/mol. The van der Waals surface area contributed by atoms with E-state index < -0.39 is 11.7 Å². The lowest BCUT2D eigenvalue weighted by Gasteiger charge is -2.33. The number of hydrogen-bond acceptors (Lipinski definition) is 2. The second-order valence-corrected chi connectivity index (χ2v) is 9.91. The molecule has 0 spiro atoms. The van der Waals surface area contributed by atoms with Gasteiger partial charge in [-0.1, -0.05) is 78.4 Å². The van der Waals surface area contributed by atoms with Crippen molar-refractivity contribution in [3.05, 3.63) is 107 Å². The van der Waals surface area contributed by atoms with Crippen LogP contribution in [0.4, 0.5) is 18.0 Å². The van der Waals surface area contributed by atoms with Crippen LogP contribution < -0.4 is 0 Å². The predicted octanol–water partition coefficient (Wildman–Crippen LogP) is 7.36. The molecule has 2 unspecified atom stereocenters. The molecule has 6 heteroatoms. The molecule has 0 aromatic heterocycles. The number of benzene rings is 3. The van der Waals surface area contributed by atoms with Crippen LogP contribution in [0.1, 0.15) is 47.4 Å². The molecule has 0 N–H and O–H groups in total. The lowest BCUT2D eigenvalue weighted by atomic mass is 9.94. The van der Waals surface area contributed by atoms with Gasteiger partial charge in [-0.25, -0.2) is 4.79 Å². The SMILES string of the molecule is O=C(OCC1c2ccccc2-c2ccccc21)N1C2C=C(Cc3cccc(C(F)(F)F)c3)CC1CC2. The molecule has 2 heterocycles. The smallest absolute Gasteiger partial charge is 0.416 e. The molecule has 3 aromatic rings. The third kappa shape index (κ3) is 4.08. The summed E-state index contributed by atoms with van der Waals surface area (Å²) in [6.45, 7) is 0.281. The van der Waals surface area contributed by atoms with E-state index in [9.17, 15) is 18.0 Å². The average Bonchev–Trinajstić information content (AvgIpc) is 3.33. The zero-order chi connectivity index (χ0) is 24.9. The molecule has 2 atom stereocenters. The van der Waals surface area contributed by atoms with Gasteiger partial charge in [-0.15, -0.1) is 0 Å². The number of halogens is 3. The summed E-state index contributed by atoms with van der Waals surface area (Å²) < 4.78 is 45.2. The molecule has 2 aliphatic heterocycles. The Morgan fingerprint density at radius 3 is 2.28 bits per heavy atom. The molecule has 3 aromatic carbocycles. The zero-order valence-corrected chi connectivity index (χ0v) is 19.7. The summed E-state index contributed by atoms with van der Waals surface area (Å²) >= 11 is 0. The molecule has 3 aliphatic rings. The number of alkyl halides is 3. The first-order valence-electron chi connectivity index (χ1n) is 12.4. The highest BCUT2D eigenvalue weighted by atomic mass is 19.4. The van der Waals surface area contributed by atoms with E-state index in [1.807, 2.05) is 29.2 Å². The van der Waals surface area contributed by atoms with E-state index in [1.54, 1.807) is 6.07 Å². The number of amides is 1. The average molecular weight is 490 g/mol. The minimum absolute atomic E-state index is 0.0100. The highest BCUT2D eigenvalue weighted by molar-refractivity contribution is 5.79. The van der Waals surface area contributed by atoms with E-state index in [4.69, 9.17) is 4.74 Å². The highest BCUT2D eigenvalue weighted by Gasteiger charge is 2.41. The Kier molecular flexibility index (Phi) is 5.62. The Bertz CT molecular complexity index is 1300. The Morgan fingerprint density at radius 1 is 0.917 bits per heavy atom. The Balaban J connectivity index is 1.15.